The van der Waals surface area contributed by atoms with Gasteiger partial charge in [-0.25, -0.2) is 0 Å². The fourth-order valence-electron chi connectivity index (χ4n) is 2.25. The molecule has 118 valence electrons. The third-order valence-corrected chi connectivity index (χ3v) is 3.61. The first-order valence-electron chi connectivity index (χ1n) is 7.03. The van der Waals surface area contributed by atoms with E-state index in [1.54, 1.807) is 7.11 Å². The lowest BCUT2D eigenvalue weighted by Gasteiger charge is -2.24. The molecule has 0 aliphatic rings. The summed E-state index contributed by atoms with van der Waals surface area (Å²) in [6.45, 7) is 6.95. The van der Waals surface area contributed by atoms with Crippen molar-refractivity contribution in [3.63, 3.8) is 0 Å². The fourth-order valence-corrected chi connectivity index (χ4v) is 2.25. The average Bonchev–Trinajstić information content (AvgIpc) is 2.97. The van der Waals surface area contributed by atoms with E-state index in [1.165, 1.54) is 6.92 Å². The lowest BCUT2D eigenvalue weighted by Crippen LogP contribution is -2.40. The first-order valence-corrected chi connectivity index (χ1v) is 7.03. The van der Waals surface area contributed by atoms with Gasteiger partial charge in [-0.3, -0.25) is 4.79 Å². The Morgan fingerprint density at radius 1 is 1.23 bits per heavy atom. The van der Waals surface area contributed by atoms with E-state index in [2.05, 4.69) is 15.5 Å². The summed E-state index contributed by atoms with van der Waals surface area (Å²) >= 11 is 0. The monoisotopic (exact) mass is 303 g/mol. The SMILES string of the molecule is COC(C)(c1ccccc1)c1nc(C(C)(C)NC(C)=O)no1. The molecule has 1 unspecified atom stereocenters. The molecule has 0 saturated carbocycles. The number of carbonyl (C=O) groups is 1. The van der Waals surface area contributed by atoms with Crippen LogP contribution in [0.1, 0.15) is 45.0 Å². The van der Waals surface area contributed by atoms with Crippen molar-refractivity contribution in [1.29, 1.82) is 0 Å². The normalized spacial score (nSPS) is 14.4. The highest BCUT2D eigenvalue weighted by atomic mass is 16.5. The Hall–Kier alpha value is -2.21. The van der Waals surface area contributed by atoms with E-state index in [-0.39, 0.29) is 5.91 Å². The molecule has 1 aromatic heterocycles. The van der Waals surface area contributed by atoms with Gasteiger partial charge in [-0.15, -0.1) is 0 Å². The first kappa shape index (κ1) is 16.2. The zero-order chi connectivity index (χ0) is 16.4. The standard InChI is InChI=1S/C16H21N3O3/c1-11(20)18-15(2,3)13-17-14(22-19-13)16(4,21-5)12-9-7-6-8-10-12/h6-10H,1-5H3,(H,18,20). The summed E-state index contributed by atoms with van der Waals surface area (Å²) < 4.78 is 11.0. The molecular weight excluding hydrogens is 282 g/mol. The number of aromatic nitrogens is 2. The smallest absolute Gasteiger partial charge is 0.263 e. The summed E-state index contributed by atoms with van der Waals surface area (Å²) in [7, 11) is 1.59. The van der Waals surface area contributed by atoms with E-state index in [0.717, 1.165) is 5.56 Å². The fraction of sp³-hybridized carbons (Fsp3) is 0.438. The van der Waals surface area contributed by atoms with Gasteiger partial charge in [-0.05, 0) is 26.3 Å². The minimum atomic E-state index is -0.848. The Labute approximate surface area is 129 Å². The molecule has 22 heavy (non-hydrogen) atoms. The quantitative estimate of drug-likeness (QED) is 0.917. The van der Waals surface area contributed by atoms with Gasteiger partial charge >= 0.3 is 0 Å². The zero-order valence-corrected chi connectivity index (χ0v) is 13.5. The molecule has 0 radical (unpaired) electrons. The minimum absolute atomic E-state index is 0.158. The van der Waals surface area contributed by atoms with E-state index in [9.17, 15) is 4.79 Å². The Bertz CT molecular complexity index is 652. The Morgan fingerprint density at radius 3 is 2.41 bits per heavy atom. The maximum absolute atomic E-state index is 11.3. The molecule has 2 aromatic rings. The summed E-state index contributed by atoms with van der Waals surface area (Å²) in [5.74, 6) is 0.584. The van der Waals surface area contributed by atoms with E-state index in [0.29, 0.717) is 11.7 Å². The van der Waals surface area contributed by atoms with Crippen LogP contribution in [-0.2, 0) is 20.7 Å². The van der Waals surface area contributed by atoms with Crippen molar-refractivity contribution < 1.29 is 14.1 Å². The summed E-state index contributed by atoms with van der Waals surface area (Å²) in [5, 5.41) is 6.79. The molecule has 6 nitrogen and oxygen atoms in total. The molecule has 0 fully saturated rings. The maximum Gasteiger partial charge on any atom is 0.263 e. The summed E-state index contributed by atoms with van der Waals surface area (Å²) in [4.78, 5) is 15.7. The van der Waals surface area contributed by atoms with Crippen LogP contribution < -0.4 is 5.32 Å². The number of rotatable bonds is 5. The summed E-state index contributed by atoms with van der Waals surface area (Å²) in [5.41, 5.74) is -0.664. The van der Waals surface area contributed by atoms with Crippen LogP contribution in [0.25, 0.3) is 0 Å². The van der Waals surface area contributed by atoms with Crippen LogP contribution in [0.2, 0.25) is 0 Å². The molecule has 2 rings (SSSR count). The molecule has 1 heterocycles. The molecule has 0 bridgehead atoms. The number of methoxy groups -OCH3 is 1. The highest BCUT2D eigenvalue weighted by molar-refractivity contribution is 5.73. The van der Waals surface area contributed by atoms with Crippen molar-refractivity contribution in [2.24, 2.45) is 0 Å². The molecule has 1 aromatic carbocycles. The van der Waals surface area contributed by atoms with Crippen LogP contribution in [-0.4, -0.2) is 23.2 Å². The highest BCUT2D eigenvalue weighted by Crippen LogP contribution is 2.32. The molecule has 1 amide bonds. The Morgan fingerprint density at radius 2 is 1.86 bits per heavy atom. The van der Waals surface area contributed by atoms with Gasteiger partial charge in [0.15, 0.2) is 11.4 Å². The second kappa shape index (κ2) is 5.88. The van der Waals surface area contributed by atoms with Gasteiger partial charge in [0.1, 0.15) is 0 Å². The van der Waals surface area contributed by atoms with Crippen LogP contribution in [0.5, 0.6) is 0 Å². The van der Waals surface area contributed by atoms with Crippen LogP contribution in [0.15, 0.2) is 34.9 Å². The van der Waals surface area contributed by atoms with E-state index >= 15 is 0 Å². The van der Waals surface area contributed by atoms with Crippen molar-refractivity contribution in [2.45, 2.75) is 38.8 Å². The second-order valence-electron chi connectivity index (χ2n) is 5.83. The van der Waals surface area contributed by atoms with Crippen LogP contribution in [0.3, 0.4) is 0 Å². The largest absolute Gasteiger partial charge is 0.364 e. The topological polar surface area (TPSA) is 77.2 Å². The number of hydrogen-bond acceptors (Lipinski definition) is 5. The van der Waals surface area contributed by atoms with Gasteiger partial charge in [0.2, 0.25) is 5.91 Å². The van der Waals surface area contributed by atoms with E-state index in [1.807, 2.05) is 51.1 Å². The lowest BCUT2D eigenvalue weighted by molar-refractivity contribution is -0.120. The Kier molecular flexibility index (Phi) is 4.32. The number of benzene rings is 1. The molecule has 0 aliphatic carbocycles. The molecule has 6 heteroatoms. The number of nitrogens with zero attached hydrogens (tertiary/aromatic N) is 2. The average molecular weight is 303 g/mol. The van der Waals surface area contributed by atoms with Gasteiger partial charge in [-0.2, -0.15) is 4.98 Å². The Balaban J connectivity index is 2.39. The van der Waals surface area contributed by atoms with Crippen LogP contribution in [0.4, 0.5) is 0 Å². The molecule has 0 saturated heterocycles. The van der Waals surface area contributed by atoms with E-state index < -0.39 is 11.1 Å². The molecule has 1 N–H and O–H groups in total. The molecule has 0 aliphatic heterocycles. The number of nitrogens with one attached hydrogen (secondary N) is 1. The summed E-state index contributed by atoms with van der Waals surface area (Å²) in [6, 6.07) is 9.65. The van der Waals surface area contributed by atoms with Crippen molar-refractivity contribution >= 4 is 5.91 Å². The third-order valence-electron chi connectivity index (χ3n) is 3.61. The third kappa shape index (κ3) is 3.01. The van der Waals surface area contributed by atoms with Gasteiger partial charge in [0.25, 0.3) is 5.89 Å². The number of amides is 1. The number of carbonyl (C=O) groups excluding carboxylic acids is 1. The van der Waals surface area contributed by atoms with Crippen molar-refractivity contribution in [2.75, 3.05) is 7.11 Å². The molecule has 1 atom stereocenters. The van der Waals surface area contributed by atoms with Gasteiger partial charge < -0.3 is 14.6 Å². The van der Waals surface area contributed by atoms with Crippen molar-refractivity contribution in [3.05, 3.63) is 47.6 Å². The molecular formula is C16H21N3O3. The predicted octanol–water partition coefficient (Wildman–Crippen LogP) is 2.35. The first-order chi connectivity index (χ1) is 10.3. The van der Waals surface area contributed by atoms with Crippen LogP contribution >= 0.6 is 0 Å². The van der Waals surface area contributed by atoms with E-state index in [4.69, 9.17) is 9.26 Å². The predicted molar refractivity (Wildman–Crippen MR) is 81.0 cm³/mol. The van der Waals surface area contributed by atoms with Gasteiger partial charge in [0.05, 0.1) is 5.54 Å². The van der Waals surface area contributed by atoms with Gasteiger partial charge in [-0.1, -0.05) is 35.5 Å². The van der Waals surface area contributed by atoms with Gasteiger partial charge in [0, 0.05) is 14.0 Å². The highest BCUT2D eigenvalue weighted by Gasteiger charge is 2.37. The van der Waals surface area contributed by atoms with Crippen molar-refractivity contribution in [3.8, 4) is 0 Å². The number of ether oxygens (including phenoxy) is 1. The second-order valence-corrected chi connectivity index (χ2v) is 5.83. The zero-order valence-electron chi connectivity index (χ0n) is 13.5. The lowest BCUT2D eigenvalue weighted by atomic mass is 9.95. The van der Waals surface area contributed by atoms with Crippen molar-refractivity contribution in [1.82, 2.24) is 15.5 Å². The summed E-state index contributed by atoms with van der Waals surface area (Å²) in [6.07, 6.45) is 0. The molecule has 0 spiro atoms. The van der Waals surface area contributed by atoms with Crippen LogP contribution in [0, 0.1) is 0 Å². The minimum Gasteiger partial charge on any atom is -0.364 e. The maximum atomic E-state index is 11.3. The number of hydrogen-bond donors (Lipinski definition) is 1.